The predicted octanol–water partition coefficient (Wildman–Crippen LogP) is 2.67. The number of amides is 1. The van der Waals surface area contributed by atoms with Gasteiger partial charge in [-0.05, 0) is 30.2 Å². The van der Waals surface area contributed by atoms with Crippen molar-refractivity contribution in [1.82, 2.24) is 9.80 Å². The van der Waals surface area contributed by atoms with Crippen LogP contribution in [0.1, 0.15) is 21.5 Å². The fraction of sp³-hybridized carbons (Fsp3) is 0.350. The first kappa shape index (κ1) is 17.3. The lowest BCUT2D eigenvalue weighted by molar-refractivity contribution is 0.0625. The standard InChI is InChI=1S/C20H24N2O3/c1-15-5-3-4-6-16(15)14-21-9-11-22(12-10-21)20(24)18-8-7-17(25-2)13-19(18)23/h3-8,13,23H,9-12,14H2,1-2H3. The Morgan fingerprint density at radius 1 is 1.12 bits per heavy atom. The molecular formula is C20H24N2O3. The van der Waals surface area contributed by atoms with E-state index in [1.807, 2.05) is 0 Å². The summed E-state index contributed by atoms with van der Waals surface area (Å²) in [5.74, 6) is 0.375. The Morgan fingerprint density at radius 3 is 2.48 bits per heavy atom. The number of aromatic hydroxyl groups is 1. The van der Waals surface area contributed by atoms with Crippen LogP contribution in [0, 0.1) is 6.92 Å². The lowest BCUT2D eigenvalue weighted by atomic mass is 10.1. The molecule has 1 fully saturated rings. The topological polar surface area (TPSA) is 53.0 Å². The lowest BCUT2D eigenvalue weighted by Crippen LogP contribution is -2.48. The number of phenols is 1. The van der Waals surface area contributed by atoms with Crippen molar-refractivity contribution in [3.8, 4) is 11.5 Å². The first-order valence-corrected chi connectivity index (χ1v) is 8.51. The number of phenolic OH excluding ortho intramolecular Hbond substituents is 1. The van der Waals surface area contributed by atoms with Crippen LogP contribution >= 0.6 is 0 Å². The van der Waals surface area contributed by atoms with Crippen molar-refractivity contribution in [3.63, 3.8) is 0 Å². The Morgan fingerprint density at radius 2 is 1.84 bits per heavy atom. The molecule has 0 radical (unpaired) electrons. The smallest absolute Gasteiger partial charge is 0.257 e. The molecule has 1 heterocycles. The minimum atomic E-state index is -0.129. The van der Waals surface area contributed by atoms with Crippen LogP contribution in [0.2, 0.25) is 0 Å². The fourth-order valence-corrected chi connectivity index (χ4v) is 3.13. The van der Waals surface area contributed by atoms with Crippen molar-refractivity contribution in [2.24, 2.45) is 0 Å². The molecule has 0 saturated carbocycles. The number of hydrogen-bond donors (Lipinski definition) is 1. The number of nitrogens with zero attached hydrogens (tertiary/aromatic N) is 2. The first-order chi connectivity index (χ1) is 12.1. The molecule has 0 spiro atoms. The molecule has 1 N–H and O–H groups in total. The van der Waals surface area contributed by atoms with Crippen molar-refractivity contribution < 1.29 is 14.6 Å². The maximum Gasteiger partial charge on any atom is 0.257 e. The molecule has 2 aromatic carbocycles. The van der Waals surface area contributed by atoms with Crippen molar-refractivity contribution in [2.75, 3.05) is 33.3 Å². The highest BCUT2D eigenvalue weighted by Gasteiger charge is 2.24. The number of ether oxygens (including phenoxy) is 1. The summed E-state index contributed by atoms with van der Waals surface area (Å²) in [6.45, 7) is 6.02. The number of carbonyl (C=O) groups excluding carboxylic acids is 1. The van der Waals surface area contributed by atoms with Crippen LogP contribution in [0.25, 0.3) is 0 Å². The molecule has 3 rings (SSSR count). The number of piperazine rings is 1. The van der Waals surface area contributed by atoms with Gasteiger partial charge in [-0.3, -0.25) is 9.69 Å². The van der Waals surface area contributed by atoms with Gasteiger partial charge in [-0.1, -0.05) is 24.3 Å². The highest BCUT2D eigenvalue weighted by Crippen LogP contribution is 2.25. The average molecular weight is 340 g/mol. The third-order valence-corrected chi connectivity index (χ3v) is 4.75. The summed E-state index contributed by atoms with van der Waals surface area (Å²) in [6.07, 6.45) is 0. The SMILES string of the molecule is COc1ccc(C(=O)N2CCN(Cc3ccccc3C)CC2)c(O)c1. The maximum absolute atomic E-state index is 12.6. The Balaban J connectivity index is 1.60. The van der Waals surface area contributed by atoms with Crippen molar-refractivity contribution in [2.45, 2.75) is 13.5 Å². The molecule has 5 heteroatoms. The Labute approximate surface area is 148 Å². The number of methoxy groups -OCH3 is 1. The summed E-state index contributed by atoms with van der Waals surface area (Å²) in [7, 11) is 1.53. The van der Waals surface area contributed by atoms with E-state index in [1.54, 1.807) is 17.0 Å². The van der Waals surface area contributed by atoms with Crippen molar-refractivity contribution in [3.05, 3.63) is 59.2 Å². The summed E-state index contributed by atoms with van der Waals surface area (Å²) < 4.78 is 5.06. The summed E-state index contributed by atoms with van der Waals surface area (Å²) in [6, 6.07) is 13.2. The molecule has 1 saturated heterocycles. The minimum absolute atomic E-state index is 0.0355. The number of hydrogen-bond acceptors (Lipinski definition) is 4. The van der Waals surface area contributed by atoms with E-state index in [2.05, 4.69) is 36.1 Å². The molecule has 1 amide bonds. The van der Waals surface area contributed by atoms with E-state index >= 15 is 0 Å². The van der Waals surface area contributed by atoms with Crippen LogP contribution in [0.5, 0.6) is 11.5 Å². The molecule has 25 heavy (non-hydrogen) atoms. The van der Waals surface area contributed by atoms with E-state index in [-0.39, 0.29) is 11.7 Å². The third-order valence-electron chi connectivity index (χ3n) is 4.75. The molecule has 2 aromatic rings. The van der Waals surface area contributed by atoms with Crippen LogP contribution in [0.15, 0.2) is 42.5 Å². The first-order valence-electron chi connectivity index (χ1n) is 8.51. The summed E-state index contributed by atoms with van der Waals surface area (Å²) >= 11 is 0. The van der Waals surface area contributed by atoms with E-state index in [4.69, 9.17) is 4.74 Å². The van der Waals surface area contributed by atoms with Crippen LogP contribution in [-0.4, -0.2) is 54.1 Å². The summed E-state index contributed by atoms with van der Waals surface area (Å²) in [4.78, 5) is 16.8. The third kappa shape index (κ3) is 3.94. The van der Waals surface area contributed by atoms with Crippen molar-refractivity contribution in [1.29, 1.82) is 0 Å². The van der Waals surface area contributed by atoms with Crippen LogP contribution in [0.3, 0.4) is 0 Å². The van der Waals surface area contributed by atoms with Gasteiger partial charge < -0.3 is 14.7 Å². The van der Waals surface area contributed by atoms with E-state index in [9.17, 15) is 9.90 Å². The minimum Gasteiger partial charge on any atom is -0.507 e. The van der Waals surface area contributed by atoms with Gasteiger partial charge in [0, 0.05) is 38.8 Å². The van der Waals surface area contributed by atoms with Gasteiger partial charge in [0.05, 0.1) is 12.7 Å². The monoisotopic (exact) mass is 340 g/mol. The molecule has 1 aliphatic rings. The largest absolute Gasteiger partial charge is 0.507 e. The summed E-state index contributed by atoms with van der Waals surface area (Å²) in [5, 5.41) is 10.1. The second-order valence-corrected chi connectivity index (χ2v) is 6.38. The molecule has 0 aromatic heterocycles. The van der Waals surface area contributed by atoms with Crippen LogP contribution in [-0.2, 0) is 6.54 Å². The zero-order valence-corrected chi connectivity index (χ0v) is 14.7. The van der Waals surface area contributed by atoms with Gasteiger partial charge in [-0.15, -0.1) is 0 Å². The second kappa shape index (κ2) is 7.57. The quantitative estimate of drug-likeness (QED) is 0.930. The predicted molar refractivity (Wildman–Crippen MR) is 97.0 cm³/mol. The van der Waals surface area contributed by atoms with Gasteiger partial charge in [-0.25, -0.2) is 0 Å². The molecule has 0 unspecified atom stereocenters. The van der Waals surface area contributed by atoms with E-state index < -0.39 is 0 Å². The molecule has 0 bridgehead atoms. The Bertz CT molecular complexity index is 752. The van der Waals surface area contributed by atoms with Gasteiger partial charge in [-0.2, -0.15) is 0 Å². The molecule has 132 valence electrons. The van der Waals surface area contributed by atoms with Crippen molar-refractivity contribution >= 4 is 5.91 Å². The van der Waals surface area contributed by atoms with Crippen LogP contribution < -0.4 is 4.74 Å². The van der Waals surface area contributed by atoms with Gasteiger partial charge >= 0.3 is 0 Å². The molecule has 0 aliphatic carbocycles. The Kier molecular flexibility index (Phi) is 5.24. The van der Waals surface area contributed by atoms with Gasteiger partial charge in [0.15, 0.2) is 0 Å². The summed E-state index contributed by atoms with van der Waals surface area (Å²) in [5.41, 5.74) is 2.95. The number of benzene rings is 2. The van der Waals surface area contributed by atoms with E-state index in [0.717, 1.165) is 19.6 Å². The highest BCUT2D eigenvalue weighted by atomic mass is 16.5. The molecule has 1 aliphatic heterocycles. The molecule has 0 atom stereocenters. The normalized spacial score (nSPS) is 15.2. The number of aryl methyl sites for hydroxylation is 1. The maximum atomic E-state index is 12.6. The molecule has 5 nitrogen and oxygen atoms in total. The second-order valence-electron chi connectivity index (χ2n) is 6.38. The molecular weight excluding hydrogens is 316 g/mol. The van der Waals surface area contributed by atoms with Crippen LogP contribution in [0.4, 0.5) is 0 Å². The number of carbonyl (C=O) groups is 1. The average Bonchev–Trinajstić information content (AvgIpc) is 2.63. The van der Waals surface area contributed by atoms with E-state index in [0.29, 0.717) is 24.4 Å². The Hall–Kier alpha value is -2.53. The number of rotatable bonds is 4. The zero-order chi connectivity index (χ0) is 17.8. The van der Waals surface area contributed by atoms with Gasteiger partial charge in [0.2, 0.25) is 0 Å². The highest BCUT2D eigenvalue weighted by molar-refractivity contribution is 5.97. The van der Waals surface area contributed by atoms with E-state index in [1.165, 1.54) is 24.3 Å². The fourth-order valence-electron chi connectivity index (χ4n) is 3.13. The zero-order valence-electron chi connectivity index (χ0n) is 14.7. The van der Waals surface area contributed by atoms with Gasteiger partial charge in [0.1, 0.15) is 11.5 Å². The lowest BCUT2D eigenvalue weighted by Gasteiger charge is -2.35. The van der Waals surface area contributed by atoms with Gasteiger partial charge in [0.25, 0.3) is 5.91 Å².